The Labute approximate surface area is 131 Å². The van der Waals surface area contributed by atoms with E-state index in [9.17, 15) is 9.59 Å². The van der Waals surface area contributed by atoms with Crippen LogP contribution in [-0.4, -0.2) is 12.4 Å². The van der Waals surface area contributed by atoms with Crippen molar-refractivity contribution >= 4 is 22.8 Å². The smallest absolute Gasteiger partial charge is 0.347 e. The lowest BCUT2D eigenvalue weighted by molar-refractivity contribution is 0.102. The molecule has 0 fully saturated rings. The molecular formula is C19H12O4. The van der Waals surface area contributed by atoms with Gasteiger partial charge in [-0.15, -0.1) is 0 Å². The number of carbonyl (C=O) groups is 1. The predicted molar refractivity (Wildman–Crippen MR) is 86.7 cm³/mol. The second kappa shape index (κ2) is 5.25. The summed E-state index contributed by atoms with van der Waals surface area (Å²) < 4.78 is 10.8. The van der Waals surface area contributed by atoms with Crippen molar-refractivity contribution in [1.82, 2.24) is 0 Å². The molecule has 0 saturated heterocycles. The molecule has 4 nitrogen and oxygen atoms in total. The second-order valence-corrected chi connectivity index (χ2v) is 5.31. The van der Waals surface area contributed by atoms with Crippen molar-refractivity contribution in [2.45, 2.75) is 0 Å². The van der Waals surface area contributed by atoms with Crippen molar-refractivity contribution in [2.75, 3.05) is 6.61 Å². The van der Waals surface area contributed by atoms with E-state index in [0.29, 0.717) is 16.5 Å². The molecule has 23 heavy (non-hydrogen) atoms. The number of ether oxygens (including phenoxy) is 1. The fourth-order valence-corrected chi connectivity index (χ4v) is 2.64. The van der Waals surface area contributed by atoms with E-state index in [1.54, 1.807) is 30.3 Å². The Balaban J connectivity index is 1.80. The average molecular weight is 304 g/mol. The number of hydrogen-bond donors (Lipinski definition) is 0. The summed E-state index contributed by atoms with van der Waals surface area (Å²) in [4.78, 5) is 24.8. The van der Waals surface area contributed by atoms with Crippen LogP contribution in [0, 0.1) is 0 Å². The molecule has 2 aromatic carbocycles. The minimum Gasteiger partial charge on any atom is -0.488 e. The van der Waals surface area contributed by atoms with Gasteiger partial charge in [0.2, 0.25) is 0 Å². The first-order chi connectivity index (χ1) is 11.2. The zero-order valence-corrected chi connectivity index (χ0v) is 12.1. The van der Waals surface area contributed by atoms with Gasteiger partial charge >= 0.3 is 5.63 Å². The van der Waals surface area contributed by atoms with Gasteiger partial charge in [0.05, 0.1) is 0 Å². The Morgan fingerprint density at radius 1 is 1.00 bits per heavy atom. The van der Waals surface area contributed by atoms with E-state index in [2.05, 4.69) is 0 Å². The average Bonchev–Trinajstić information content (AvgIpc) is 2.60. The molecule has 1 aliphatic heterocycles. The van der Waals surface area contributed by atoms with Crippen LogP contribution in [0.2, 0.25) is 0 Å². The molecule has 4 rings (SSSR count). The summed E-state index contributed by atoms with van der Waals surface area (Å²) in [5.74, 6) is 0.369. The van der Waals surface area contributed by atoms with Gasteiger partial charge < -0.3 is 9.15 Å². The van der Waals surface area contributed by atoms with Crippen molar-refractivity contribution in [3.8, 4) is 5.75 Å². The van der Waals surface area contributed by atoms with Gasteiger partial charge in [-0.25, -0.2) is 4.79 Å². The largest absolute Gasteiger partial charge is 0.488 e. The Hall–Kier alpha value is -3.14. The highest BCUT2D eigenvalue weighted by Gasteiger charge is 2.21. The number of hydrogen-bond acceptors (Lipinski definition) is 4. The van der Waals surface area contributed by atoms with Crippen LogP contribution in [-0.2, 0) is 0 Å². The molecule has 4 heteroatoms. The van der Waals surface area contributed by atoms with E-state index in [-0.39, 0.29) is 18.0 Å². The Morgan fingerprint density at radius 3 is 2.70 bits per heavy atom. The number of rotatable bonds is 2. The molecule has 0 amide bonds. The SMILES string of the molecule is O=C(C1=Cc2ccccc2OC1)c1cc2ccccc2oc1=O. The minimum atomic E-state index is -0.631. The van der Waals surface area contributed by atoms with Gasteiger partial charge in [-0.1, -0.05) is 36.4 Å². The van der Waals surface area contributed by atoms with Gasteiger partial charge in [0.25, 0.3) is 0 Å². The molecule has 112 valence electrons. The fraction of sp³-hybridized carbons (Fsp3) is 0.0526. The number of carbonyl (C=O) groups excluding carboxylic acids is 1. The first-order valence-electron chi connectivity index (χ1n) is 7.22. The first kappa shape index (κ1) is 13.5. The van der Waals surface area contributed by atoms with Gasteiger partial charge in [0.15, 0.2) is 5.78 Å². The fourth-order valence-electron chi connectivity index (χ4n) is 2.64. The van der Waals surface area contributed by atoms with Gasteiger partial charge in [-0.3, -0.25) is 4.79 Å². The van der Waals surface area contributed by atoms with Crippen molar-refractivity contribution in [1.29, 1.82) is 0 Å². The summed E-state index contributed by atoms with van der Waals surface area (Å²) in [5, 5.41) is 0.716. The van der Waals surface area contributed by atoms with Crippen LogP contribution in [0.4, 0.5) is 0 Å². The molecule has 0 aliphatic carbocycles. The third-order valence-electron chi connectivity index (χ3n) is 3.81. The van der Waals surface area contributed by atoms with E-state index in [1.807, 2.05) is 30.3 Å². The molecule has 1 aliphatic rings. The highest BCUT2D eigenvalue weighted by atomic mass is 16.5. The lowest BCUT2D eigenvalue weighted by atomic mass is 10.00. The Bertz CT molecular complexity index is 1010. The molecular weight excluding hydrogens is 292 g/mol. The third kappa shape index (κ3) is 2.34. The van der Waals surface area contributed by atoms with E-state index in [4.69, 9.17) is 9.15 Å². The summed E-state index contributed by atoms with van der Waals surface area (Å²) in [6, 6.07) is 16.1. The summed E-state index contributed by atoms with van der Waals surface area (Å²) in [6.07, 6.45) is 1.76. The van der Waals surface area contributed by atoms with Gasteiger partial charge in [-0.05, 0) is 24.3 Å². The molecule has 3 aromatic rings. The lowest BCUT2D eigenvalue weighted by Crippen LogP contribution is -2.20. The Morgan fingerprint density at radius 2 is 1.78 bits per heavy atom. The van der Waals surface area contributed by atoms with Crippen molar-refractivity contribution in [2.24, 2.45) is 0 Å². The molecule has 0 spiro atoms. The first-order valence-corrected chi connectivity index (χ1v) is 7.22. The monoisotopic (exact) mass is 304 g/mol. The quantitative estimate of drug-likeness (QED) is 0.537. The normalized spacial score (nSPS) is 13.1. The van der Waals surface area contributed by atoms with Crippen LogP contribution >= 0.6 is 0 Å². The van der Waals surface area contributed by atoms with Crippen LogP contribution in [0.15, 0.2) is 69.4 Å². The molecule has 1 aromatic heterocycles. The van der Waals surface area contributed by atoms with Gasteiger partial charge in [-0.2, -0.15) is 0 Å². The van der Waals surface area contributed by atoms with Crippen LogP contribution in [0.1, 0.15) is 15.9 Å². The van der Waals surface area contributed by atoms with Crippen LogP contribution in [0.3, 0.4) is 0 Å². The van der Waals surface area contributed by atoms with Crippen molar-refractivity contribution in [3.05, 3.63) is 81.7 Å². The zero-order chi connectivity index (χ0) is 15.8. The summed E-state index contributed by atoms with van der Waals surface area (Å²) in [7, 11) is 0. The highest BCUT2D eigenvalue weighted by molar-refractivity contribution is 6.12. The predicted octanol–water partition coefficient (Wildman–Crippen LogP) is 3.45. The van der Waals surface area contributed by atoms with E-state index < -0.39 is 5.63 Å². The molecule has 0 radical (unpaired) electrons. The highest BCUT2D eigenvalue weighted by Crippen LogP contribution is 2.27. The second-order valence-electron chi connectivity index (χ2n) is 5.31. The molecule has 0 bridgehead atoms. The number of Topliss-reactive ketones (excluding diaryl/α,β-unsaturated/α-hetero) is 1. The minimum absolute atomic E-state index is 0.0259. The standard InChI is InChI=1S/C19H12O4/c20-18(14-9-12-5-1-3-7-16(12)22-11-14)15-10-13-6-2-4-8-17(13)23-19(15)21/h1-10H,11H2. The Kier molecular flexibility index (Phi) is 3.08. The number of para-hydroxylation sites is 2. The maximum Gasteiger partial charge on any atom is 0.347 e. The van der Waals surface area contributed by atoms with Crippen LogP contribution < -0.4 is 10.4 Å². The van der Waals surface area contributed by atoms with Crippen LogP contribution in [0.25, 0.3) is 17.0 Å². The molecule has 0 saturated carbocycles. The van der Waals surface area contributed by atoms with Crippen LogP contribution in [0.5, 0.6) is 5.75 Å². The summed E-state index contributed by atoms with van der Waals surface area (Å²) >= 11 is 0. The van der Waals surface area contributed by atoms with E-state index in [1.165, 1.54) is 0 Å². The molecule has 0 unspecified atom stereocenters. The van der Waals surface area contributed by atoms with Gasteiger partial charge in [0.1, 0.15) is 23.5 Å². The maximum atomic E-state index is 12.7. The molecule has 0 atom stereocenters. The van der Waals surface area contributed by atoms with Gasteiger partial charge in [0, 0.05) is 16.5 Å². The summed E-state index contributed by atoms with van der Waals surface area (Å²) in [5.41, 5.74) is 1.12. The number of fused-ring (bicyclic) bond motifs is 2. The van der Waals surface area contributed by atoms with E-state index in [0.717, 1.165) is 11.3 Å². The van der Waals surface area contributed by atoms with Crippen molar-refractivity contribution < 1.29 is 13.9 Å². The lowest BCUT2D eigenvalue weighted by Gasteiger charge is -2.16. The zero-order valence-electron chi connectivity index (χ0n) is 12.1. The topological polar surface area (TPSA) is 56.5 Å². The maximum absolute atomic E-state index is 12.7. The van der Waals surface area contributed by atoms with Crippen molar-refractivity contribution in [3.63, 3.8) is 0 Å². The third-order valence-corrected chi connectivity index (χ3v) is 3.81. The molecule has 2 heterocycles. The molecule has 0 N–H and O–H groups in total. The summed E-state index contributed by atoms with van der Waals surface area (Å²) in [6.45, 7) is 0.141. The van der Waals surface area contributed by atoms with E-state index >= 15 is 0 Å². The number of benzene rings is 2. The number of ketones is 1.